The first-order chi connectivity index (χ1) is 13.3. The van der Waals surface area contributed by atoms with E-state index in [-0.39, 0.29) is 19.0 Å². The van der Waals surface area contributed by atoms with Crippen molar-refractivity contribution in [3.63, 3.8) is 0 Å². The van der Waals surface area contributed by atoms with Crippen molar-refractivity contribution >= 4 is 29.6 Å². The molecule has 1 aliphatic rings. The standard InChI is InChI=1S/C21H19ClFNO4/c1-13(20(25)24(2)11-14-4-3-5-18(23)8-14)28-21(26)16-9-15-10-17(22)6-7-19(15)27-12-16/h3-10,13H,11-12H2,1-2H3/t13-/m0/s1. The SMILES string of the molecule is C[C@H](OC(=O)C1=Cc2cc(Cl)ccc2OC1)C(=O)N(C)Cc1cccc(F)c1. The molecule has 7 heteroatoms. The van der Waals surface area contributed by atoms with Crippen LogP contribution in [-0.2, 0) is 20.9 Å². The van der Waals surface area contributed by atoms with Crippen LogP contribution in [0.5, 0.6) is 5.75 Å². The molecule has 1 heterocycles. The second-order valence-corrected chi connectivity index (χ2v) is 6.95. The molecular weight excluding hydrogens is 385 g/mol. The Morgan fingerprint density at radius 2 is 2.07 bits per heavy atom. The number of likely N-dealkylation sites (N-methyl/N-ethyl adjacent to an activating group) is 1. The molecule has 0 saturated carbocycles. The maximum Gasteiger partial charge on any atom is 0.338 e. The van der Waals surface area contributed by atoms with E-state index in [1.165, 1.54) is 24.0 Å². The first-order valence-electron chi connectivity index (χ1n) is 8.67. The summed E-state index contributed by atoms with van der Waals surface area (Å²) in [7, 11) is 1.57. The van der Waals surface area contributed by atoms with E-state index in [0.717, 1.165) is 0 Å². The van der Waals surface area contributed by atoms with Gasteiger partial charge in [0.25, 0.3) is 5.91 Å². The molecule has 0 unspecified atom stereocenters. The summed E-state index contributed by atoms with van der Waals surface area (Å²) in [4.78, 5) is 26.3. The number of hydrogen-bond acceptors (Lipinski definition) is 4. The lowest BCUT2D eigenvalue weighted by molar-refractivity contribution is -0.155. The van der Waals surface area contributed by atoms with Crippen molar-refractivity contribution in [2.45, 2.75) is 19.6 Å². The van der Waals surface area contributed by atoms with E-state index in [9.17, 15) is 14.0 Å². The van der Waals surface area contributed by atoms with Crippen LogP contribution in [0, 0.1) is 5.82 Å². The highest BCUT2D eigenvalue weighted by molar-refractivity contribution is 6.30. The van der Waals surface area contributed by atoms with Crippen molar-refractivity contribution in [2.75, 3.05) is 13.7 Å². The van der Waals surface area contributed by atoms with Gasteiger partial charge in [0, 0.05) is 24.2 Å². The Hall–Kier alpha value is -2.86. The molecule has 0 fully saturated rings. The van der Waals surface area contributed by atoms with E-state index < -0.39 is 18.0 Å². The Bertz CT molecular complexity index is 944. The summed E-state index contributed by atoms with van der Waals surface area (Å²) in [5.74, 6) is -0.772. The lowest BCUT2D eigenvalue weighted by Crippen LogP contribution is -2.37. The van der Waals surface area contributed by atoms with Crippen LogP contribution in [0.4, 0.5) is 4.39 Å². The van der Waals surface area contributed by atoms with Gasteiger partial charge >= 0.3 is 5.97 Å². The Kier molecular flexibility index (Phi) is 5.99. The van der Waals surface area contributed by atoms with Gasteiger partial charge in [0.15, 0.2) is 6.10 Å². The number of rotatable bonds is 5. The van der Waals surface area contributed by atoms with Gasteiger partial charge in [-0.2, -0.15) is 0 Å². The fourth-order valence-electron chi connectivity index (χ4n) is 2.85. The molecule has 28 heavy (non-hydrogen) atoms. The predicted octanol–water partition coefficient (Wildman–Crippen LogP) is 3.85. The predicted molar refractivity (Wildman–Crippen MR) is 103 cm³/mol. The van der Waals surface area contributed by atoms with Crippen LogP contribution < -0.4 is 4.74 Å². The lowest BCUT2D eigenvalue weighted by Gasteiger charge is -2.23. The minimum atomic E-state index is -0.993. The molecule has 1 aliphatic heterocycles. The average Bonchev–Trinajstić information content (AvgIpc) is 2.66. The van der Waals surface area contributed by atoms with E-state index in [2.05, 4.69) is 0 Å². The van der Waals surface area contributed by atoms with Crippen molar-refractivity contribution in [1.82, 2.24) is 4.90 Å². The molecule has 0 spiro atoms. The maximum atomic E-state index is 13.3. The highest BCUT2D eigenvalue weighted by atomic mass is 35.5. The van der Waals surface area contributed by atoms with E-state index in [1.54, 1.807) is 43.5 Å². The van der Waals surface area contributed by atoms with E-state index in [0.29, 0.717) is 27.5 Å². The first kappa shape index (κ1) is 19.9. The van der Waals surface area contributed by atoms with Gasteiger partial charge in [-0.15, -0.1) is 0 Å². The van der Waals surface area contributed by atoms with Crippen LogP contribution in [0.1, 0.15) is 18.1 Å². The number of ether oxygens (including phenoxy) is 2. The second-order valence-electron chi connectivity index (χ2n) is 6.51. The van der Waals surface area contributed by atoms with Gasteiger partial charge in [0.1, 0.15) is 18.2 Å². The number of fused-ring (bicyclic) bond motifs is 1. The summed E-state index contributed by atoms with van der Waals surface area (Å²) in [6, 6.07) is 11.1. The van der Waals surface area contributed by atoms with Crippen molar-refractivity contribution < 1.29 is 23.5 Å². The van der Waals surface area contributed by atoms with Gasteiger partial charge in [-0.1, -0.05) is 23.7 Å². The molecule has 0 bridgehead atoms. The van der Waals surface area contributed by atoms with Crippen LogP contribution in [0.15, 0.2) is 48.0 Å². The Balaban J connectivity index is 1.62. The molecule has 146 valence electrons. The number of nitrogens with zero attached hydrogens (tertiary/aromatic N) is 1. The van der Waals surface area contributed by atoms with Crippen molar-refractivity contribution in [2.24, 2.45) is 0 Å². The summed E-state index contributed by atoms with van der Waals surface area (Å²) in [5.41, 5.74) is 1.61. The Morgan fingerprint density at radius 1 is 1.29 bits per heavy atom. The van der Waals surface area contributed by atoms with Gasteiger partial charge < -0.3 is 14.4 Å². The molecule has 0 saturated heterocycles. The Labute approximate surface area is 167 Å². The third-order valence-electron chi connectivity index (χ3n) is 4.26. The van der Waals surface area contributed by atoms with Gasteiger partial charge in [0.2, 0.25) is 0 Å². The number of esters is 1. The smallest absolute Gasteiger partial charge is 0.338 e. The highest BCUT2D eigenvalue weighted by Crippen LogP contribution is 2.29. The lowest BCUT2D eigenvalue weighted by atomic mass is 10.1. The molecule has 0 N–H and O–H groups in total. The monoisotopic (exact) mass is 403 g/mol. The quantitative estimate of drug-likeness (QED) is 0.712. The zero-order valence-electron chi connectivity index (χ0n) is 15.4. The molecule has 3 rings (SSSR count). The number of amides is 1. The van der Waals surface area contributed by atoms with E-state index in [4.69, 9.17) is 21.1 Å². The summed E-state index contributed by atoms with van der Waals surface area (Å²) < 4.78 is 24.1. The van der Waals surface area contributed by atoms with Crippen LogP contribution in [0.3, 0.4) is 0 Å². The van der Waals surface area contributed by atoms with Crippen LogP contribution in [-0.4, -0.2) is 36.5 Å². The number of carbonyl (C=O) groups is 2. The summed E-state index contributed by atoms with van der Waals surface area (Å²) in [6.45, 7) is 1.75. The van der Waals surface area contributed by atoms with Crippen molar-refractivity contribution in [3.05, 3.63) is 70.0 Å². The van der Waals surface area contributed by atoms with Gasteiger partial charge in [-0.3, -0.25) is 4.79 Å². The molecular formula is C21H19ClFNO4. The molecule has 1 amide bonds. The Morgan fingerprint density at radius 3 is 2.82 bits per heavy atom. The normalized spacial score (nSPS) is 13.6. The topological polar surface area (TPSA) is 55.8 Å². The summed E-state index contributed by atoms with van der Waals surface area (Å²) in [6.07, 6.45) is 0.647. The second kappa shape index (κ2) is 8.44. The van der Waals surface area contributed by atoms with Gasteiger partial charge in [0.05, 0.1) is 5.57 Å². The number of carbonyl (C=O) groups excluding carboxylic acids is 2. The molecule has 0 aromatic heterocycles. The van der Waals surface area contributed by atoms with Crippen molar-refractivity contribution in [3.8, 4) is 5.75 Å². The van der Waals surface area contributed by atoms with E-state index >= 15 is 0 Å². The third-order valence-corrected chi connectivity index (χ3v) is 4.50. The fraction of sp³-hybridized carbons (Fsp3) is 0.238. The molecule has 1 atom stereocenters. The third kappa shape index (κ3) is 4.70. The molecule has 0 radical (unpaired) electrons. The summed E-state index contributed by atoms with van der Waals surface area (Å²) in [5, 5.41) is 0.524. The number of hydrogen-bond donors (Lipinski definition) is 0. The van der Waals surface area contributed by atoms with Gasteiger partial charge in [-0.05, 0) is 48.9 Å². The maximum absolute atomic E-state index is 13.3. The first-order valence-corrected chi connectivity index (χ1v) is 9.04. The molecule has 2 aromatic carbocycles. The number of benzene rings is 2. The highest BCUT2D eigenvalue weighted by Gasteiger charge is 2.25. The van der Waals surface area contributed by atoms with Crippen LogP contribution >= 0.6 is 11.6 Å². The van der Waals surface area contributed by atoms with Crippen LogP contribution in [0.2, 0.25) is 5.02 Å². The van der Waals surface area contributed by atoms with Crippen LogP contribution in [0.25, 0.3) is 6.08 Å². The zero-order valence-corrected chi connectivity index (χ0v) is 16.2. The zero-order chi connectivity index (χ0) is 20.3. The summed E-state index contributed by atoms with van der Waals surface area (Å²) >= 11 is 5.97. The van der Waals surface area contributed by atoms with Gasteiger partial charge in [-0.25, -0.2) is 9.18 Å². The van der Waals surface area contributed by atoms with E-state index in [1.807, 2.05) is 0 Å². The molecule has 2 aromatic rings. The molecule has 0 aliphatic carbocycles. The molecule has 5 nitrogen and oxygen atoms in total. The largest absolute Gasteiger partial charge is 0.488 e. The number of halogens is 2. The van der Waals surface area contributed by atoms with Crippen molar-refractivity contribution in [1.29, 1.82) is 0 Å². The minimum absolute atomic E-state index is 0.0491. The minimum Gasteiger partial charge on any atom is -0.488 e. The fourth-order valence-corrected chi connectivity index (χ4v) is 3.03. The average molecular weight is 404 g/mol.